The zero-order valence-corrected chi connectivity index (χ0v) is 19.3. The maximum absolute atomic E-state index is 12.4. The third-order valence-electron chi connectivity index (χ3n) is 4.91. The van der Waals surface area contributed by atoms with Gasteiger partial charge in [0.1, 0.15) is 5.75 Å². The highest BCUT2D eigenvalue weighted by molar-refractivity contribution is 9.10. The minimum atomic E-state index is -3.15. The fraction of sp³-hybridized carbons (Fsp3) is 0.300. The van der Waals surface area contributed by atoms with E-state index in [0.29, 0.717) is 16.6 Å². The summed E-state index contributed by atoms with van der Waals surface area (Å²) in [6, 6.07) is 14.2. The lowest BCUT2D eigenvalue weighted by Crippen LogP contribution is -2.39. The third kappa shape index (κ3) is 4.50. The summed E-state index contributed by atoms with van der Waals surface area (Å²) in [5.41, 5.74) is 1.46. The highest BCUT2D eigenvalue weighted by atomic mass is 79.9. The van der Waals surface area contributed by atoms with Crippen molar-refractivity contribution >= 4 is 60.0 Å². The number of thioether (sulfide) groups is 1. The van der Waals surface area contributed by atoms with Gasteiger partial charge in [0.2, 0.25) is 5.91 Å². The summed E-state index contributed by atoms with van der Waals surface area (Å²) in [6.07, 6.45) is 0. The summed E-state index contributed by atoms with van der Waals surface area (Å²) in [6.45, 7) is 0. The Labute approximate surface area is 187 Å². The average Bonchev–Trinajstić information content (AvgIpc) is 3.19. The van der Waals surface area contributed by atoms with E-state index >= 15 is 0 Å². The second kappa shape index (κ2) is 8.60. The van der Waals surface area contributed by atoms with E-state index in [1.807, 2.05) is 53.4 Å². The van der Waals surface area contributed by atoms with Gasteiger partial charge in [-0.3, -0.25) is 9.79 Å². The number of benzene rings is 2. The maximum Gasteiger partial charge on any atom is 0.234 e. The van der Waals surface area contributed by atoms with E-state index in [1.54, 1.807) is 7.11 Å². The molecule has 1 N–H and O–H groups in total. The summed E-state index contributed by atoms with van der Waals surface area (Å²) >= 11 is 4.67. The monoisotopic (exact) mass is 509 g/mol. The summed E-state index contributed by atoms with van der Waals surface area (Å²) < 4.78 is 30.8. The van der Waals surface area contributed by atoms with Gasteiger partial charge in [-0.15, -0.1) is 0 Å². The van der Waals surface area contributed by atoms with E-state index in [4.69, 9.17) is 4.74 Å². The van der Waals surface area contributed by atoms with Crippen molar-refractivity contribution < 1.29 is 17.9 Å². The Morgan fingerprint density at radius 2 is 1.97 bits per heavy atom. The molecular weight excluding hydrogens is 490 g/mol. The summed E-state index contributed by atoms with van der Waals surface area (Å²) in [7, 11) is -1.57. The minimum absolute atomic E-state index is 0.0263. The first-order valence-electron chi connectivity index (χ1n) is 9.25. The summed E-state index contributed by atoms with van der Waals surface area (Å²) in [4.78, 5) is 19.0. The Morgan fingerprint density at radius 1 is 1.23 bits per heavy atom. The smallest absolute Gasteiger partial charge is 0.234 e. The fourth-order valence-electron chi connectivity index (χ4n) is 3.60. The van der Waals surface area contributed by atoms with Crippen molar-refractivity contribution in [3.63, 3.8) is 0 Å². The van der Waals surface area contributed by atoms with E-state index in [-0.39, 0.29) is 35.2 Å². The Balaban J connectivity index is 1.53. The van der Waals surface area contributed by atoms with Crippen LogP contribution in [-0.4, -0.2) is 55.9 Å². The number of aliphatic imine (C=N–C) groups is 1. The van der Waals surface area contributed by atoms with Crippen molar-refractivity contribution in [1.29, 1.82) is 0 Å². The van der Waals surface area contributed by atoms with Crippen molar-refractivity contribution in [2.24, 2.45) is 4.99 Å². The quantitative estimate of drug-likeness (QED) is 0.665. The molecule has 2 aliphatic heterocycles. The zero-order valence-electron chi connectivity index (χ0n) is 16.1. The average molecular weight is 510 g/mol. The van der Waals surface area contributed by atoms with Crippen LogP contribution < -0.4 is 15.0 Å². The van der Waals surface area contributed by atoms with Gasteiger partial charge >= 0.3 is 0 Å². The molecule has 1 saturated heterocycles. The molecule has 30 heavy (non-hydrogen) atoms. The lowest BCUT2D eigenvalue weighted by molar-refractivity contribution is -0.113. The van der Waals surface area contributed by atoms with Gasteiger partial charge in [0.15, 0.2) is 15.0 Å². The molecule has 2 aromatic rings. The number of para-hydroxylation sites is 2. The van der Waals surface area contributed by atoms with Gasteiger partial charge in [0.25, 0.3) is 0 Å². The predicted molar refractivity (Wildman–Crippen MR) is 124 cm³/mol. The van der Waals surface area contributed by atoms with Gasteiger partial charge in [0, 0.05) is 10.2 Å². The third-order valence-corrected chi connectivity index (χ3v) is 8.11. The van der Waals surface area contributed by atoms with Crippen molar-refractivity contribution in [2.75, 3.05) is 34.6 Å². The molecule has 1 amide bonds. The zero-order chi connectivity index (χ0) is 21.3. The molecule has 0 bridgehead atoms. The Bertz CT molecular complexity index is 1090. The summed E-state index contributed by atoms with van der Waals surface area (Å²) in [5.74, 6) is 0.698. The highest BCUT2D eigenvalue weighted by Crippen LogP contribution is 2.39. The molecule has 1 fully saturated rings. The number of methoxy groups -OCH3 is 1. The number of hydrogen-bond donors (Lipinski definition) is 1. The number of fused-ring (bicyclic) bond motifs is 1. The molecule has 158 valence electrons. The van der Waals surface area contributed by atoms with Crippen LogP contribution in [0.1, 0.15) is 0 Å². The minimum Gasteiger partial charge on any atom is -0.495 e. The number of halogens is 1. The molecule has 2 aliphatic rings. The standard InChI is InChI=1S/C20H20BrN3O4S2/c1-28-18-5-3-2-4-16(18)24-17-12-30(26,27)11-15(17)23-20(24)29-10-19(25)22-14-8-6-13(21)7-9-14/h2-9,15,17H,10-12H2,1H3,(H,22,25)/t15-,17-/m0/s1. The number of hydrogen-bond acceptors (Lipinski definition) is 7. The van der Waals surface area contributed by atoms with Crippen molar-refractivity contribution in [3.05, 3.63) is 53.0 Å². The van der Waals surface area contributed by atoms with Gasteiger partial charge in [-0.2, -0.15) is 0 Å². The Morgan fingerprint density at radius 3 is 2.70 bits per heavy atom. The second-order valence-corrected chi connectivity index (χ2v) is 11.0. The molecule has 0 aliphatic carbocycles. The number of amides is 1. The number of nitrogens with zero attached hydrogens (tertiary/aromatic N) is 2. The number of rotatable bonds is 5. The molecule has 0 radical (unpaired) electrons. The van der Waals surface area contributed by atoms with E-state index in [9.17, 15) is 13.2 Å². The predicted octanol–water partition coefficient (Wildman–Crippen LogP) is 3.17. The van der Waals surface area contributed by atoms with Crippen LogP contribution in [0.5, 0.6) is 5.75 Å². The molecule has 7 nitrogen and oxygen atoms in total. The first-order valence-corrected chi connectivity index (χ1v) is 12.8. The van der Waals surface area contributed by atoms with Crippen molar-refractivity contribution in [2.45, 2.75) is 12.1 Å². The molecule has 0 unspecified atom stereocenters. The van der Waals surface area contributed by atoms with Crippen LogP contribution in [0.2, 0.25) is 0 Å². The van der Waals surface area contributed by atoms with E-state index in [1.165, 1.54) is 11.8 Å². The number of ether oxygens (including phenoxy) is 1. The van der Waals surface area contributed by atoms with Gasteiger partial charge < -0.3 is 15.0 Å². The lowest BCUT2D eigenvalue weighted by Gasteiger charge is -2.27. The first-order chi connectivity index (χ1) is 14.4. The number of nitrogens with one attached hydrogen (secondary N) is 1. The highest BCUT2D eigenvalue weighted by Gasteiger charge is 2.47. The lowest BCUT2D eigenvalue weighted by atomic mass is 10.1. The summed E-state index contributed by atoms with van der Waals surface area (Å²) in [5, 5.41) is 3.49. The topological polar surface area (TPSA) is 88.1 Å². The van der Waals surface area contributed by atoms with Crippen molar-refractivity contribution in [3.8, 4) is 5.75 Å². The van der Waals surface area contributed by atoms with E-state index in [2.05, 4.69) is 26.2 Å². The SMILES string of the molecule is COc1ccccc1N1C(SCC(=O)Nc2ccc(Br)cc2)=N[C@H]2CS(=O)(=O)C[C@@H]21. The number of carbonyl (C=O) groups is 1. The number of anilines is 2. The van der Waals surface area contributed by atoms with Crippen LogP contribution in [-0.2, 0) is 14.6 Å². The number of sulfone groups is 1. The second-order valence-electron chi connectivity index (χ2n) is 7.01. The number of carbonyl (C=O) groups excluding carboxylic acids is 1. The molecule has 4 rings (SSSR count). The molecule has 0 spiro atoms. The van der Waals surface area contributed by atoms with Crippen LogP contribution in [0.3, 0.4) is 0 Å². The molecule has 2 atom stereocenters. The van der Waals surface area contributed by atoms with Gasteiger partial charge in [-0.1, -0.05) is 39.8 Å². The Kier molecular flexibility index (Phi) is 6.08. The first kappa shape index (κ1) is 21.2. The molecule has 0 aromatic heterocycles. The molecule has 0 saturated carbocycles. The largest absolute Gasteiger partial charge is 0.495 e. The van der Waals surface area contributed by atoms with Crippen LogP contribution in [0.15, 0.2) is 58.0 Å². The van der Waals surface area contributed by atoms with E-state index in [0.717, 1.165) is 10.2 Å². The molecule has 2 aromatic carbocycles. The molecule has 10 heteroatoms. The Hall–Kier alpha value is -2.04. The van der Waals surface area contributed by atoms with Crippen molar-refractivity contribution in [1.82, 2.24) is 0 Å². The molecular formula is C20H20BrN3O4S2. The van der Waals surface area contributed by atoms with Crippen LogP contribution >= 0.6 is 27.7 Å². The van der Waals surface area contributed by atoms with Crippen LogP contribution in [0, 0.1) is 0 Å². The van der Waals surface area contributed by atoms with Crippen LogP contribution in [0.4, 0.5) is 11.4 Å². The van der Waals surface area contributed by atoms with E-state index < -0.39 is 9.84 Å². The maximum atomic E-state index is 12.4. The number of amidine groups is 1. The van der Waals surface area contributed by atoms with Gasteiger partial charge in [0.05, 0.1) is 42.1 Å². The normalized spacial score (nSPS) is 21.8. The van der Waals surface area contributed by atoms with Gasteiger partial charge in [-0.05, 0) is 36.4 Å². The fourth-order valence-corrected chi connectivity index (χ4v) is 6.63. The molecule has 2 heterocycles. The van der Waals surface area contributed by atoms with Gasteiger partial charge in [-0.25, -0.2) is 8.42 Å². The van der Waals surface area contributed by atoms with Crippen LogP contribution in [0.25, 0.3) is 0 Å².